The van der Waals surface area contributed by atoms with E-state index in [1.165, 1.54) is 12.1 Å². The predicted molar refractivity (Wildman–Crippen MR) is 79.5 cm³/mol. The third-order valence-corrected chi connectivity index (χ3v) is 3.62. The molecular formula is C16H19FN2O2. The molecule has 112 valence electrons. The predicted octanol–water partition coefficient (Wildman–Crippen LogP) is 3.06. The Balaban J connectivity index is 2.31. The lowest BCUT2D eigenvalue weighted by Crippen LogP contribution is -2.34. The maximum absolute atomic E-state index is 13.7. The molecule has 0 saturated carbocycles. The smallest absolute Gasteiger partial charge is 0.304 e. The molecular weight excluding hydrogens is 271 g/mol. The van der Waals surface area contributed by atoms with Crippen LogP contribution in [0.1, 0.15) is 25.8 Å². The average molecular weight is 290 g/mol. The molecule has 0 spiro atoms. The van der Waals surface area contributed by atoms with Crippen LogP contribution in [-0.4, -0.2) is 33.5 Å². The van der Waals surface area contributed by atoms with Gasteiger partial charge in [-0.2, -0.15) is 0 Å². The molecule has 5 heteroatoms. The van der Waals surface area contributed by atoms with Gasteiger partial charge in [0.2, 0.25) is 0 Å². The Kier molecular flexibility index (Phi) is 4.85. The molecule has 0 radical (unpaired) electrons. The van der Waals surface area contributed by atoms with Crippen LogP contribution in [0.25, 0.3) is 10.9 Å². The Morgan fingerprint density at radius 3 is 2.90 bits per heavy atom. The Morgan fingerprint density at radius 1 is 1.48 bits per heavy atom. The van der Waals surface area contributed by atoms with Crippen molar-refractivity contribution in [1.82, 2.24) is 9.88 Å². The zero-order valence-corrected chi connectivity index (χ0v) is 12.2. The number of aromatic nitrogens is 1. The van der Waals surface area contributed by atoms with Crippen molar-refractivity contribution in [3.8, 4) is 0 Å². The number of aliphatic carboxylic acids is 1. The fourth-order valence-corrected chi connectivity index (χ4v) is 2.53. The molecule has 1 N–H and O–H groups in total. The van der Waals surface area contributed by atoms with Gasteiger partial charge in [0.1, 0.15) is 5.82 Å². The summed E-state index contributed by atoms with van der Waals surface area (Å²) in [7, 11) is 0. The van der Waals surface area contributed by atoms with Gasteiger partial charge in [-0.05, 0) is 37.2 Å². The Labute approximate surface area is 123 Å². The van der Waals surface area contributed by atoms with Crippen molar-refractivity contribution in [3.63, 3.8) is 0 Å². The van der Waals surface area contributed by atoms with E-state index in [-0.39, 0.29) is 18.3 Å². The zero-order chi connectivity index (χ0) is 15.4. The second kappa shape index (κ2) is 6.63. The lowest BCUT2D eigenvalue weighted by molar-refractivity contribution is -0.138. The van der Waals surface area contributed by atoms with Crippen molar-refractivity contribution in [2.75, 3.05) is 6.54 Å². The highest BCUT2D eigenvalue weighted by molar-refractivity contribution is 5.81. The second-order valence-corrected chi connectivity index (χ2v) is 5.15. The minimum atomic E-state index is -0.830. The second-order valence-electron chi connectivity index (χ2n) is 5.15. The topological polar surface area (TPSA) is 53.4 Å². The van der Waals surface area contributed by atoms with Crippen LogP contribution in [0.4, 0.5) is 4.39 Å². The lowest BCUT2D eigenvalue weighted by atomic mass is 10.1. The van der Waals surface area contributed by atoms with Gasteiger partial charge < -0.3 is 5.11 Å². The summed E-state index contributed by atoms with van der Waals surface area (Å²) in [6.07, 6.45) is 1.75. The standard InChI is InChI=1S/C16H19FN2O2/c1-3-19(11(2)7-15(20)21)10-13-9-14(17)8-12-5-4-6-18-16(12)13/h4-6,8-9,11H,3,7,10H2,1-2H3,(H,20,21). The van der Waals surface area contributed by atoms with Gasteiger partial charge in [0.05, 0.1) is 11.9 Å². The number of pyridine rings is 1. The molecule has 21 heavy (non-hydrogen) atoms. The van der Waals surface area contributed by atoms with Crippen molar-refractivity contribution in [3.05, 3.63) is 41.8 Å². The van der Waals surface area contributed by atoms with Gasteiger partial charge in [0.25, 0.3) is 0 Å². The highest BCUT2D eigenvalue weighted by atomic mass is 19.1. The monoisotopic (exact) mass is 290 g/mol. The summed E-state index contributed by atoms with van der Waals surface area (Å²) < 4.78 is 13.7. The maximum atomic E-state index is 13.7. The van der Waals surface area contributed by atoms with Gasteiger partial charge in [0, 0.05) is 24.2 Å². The lowest BCUT2D eigenvalue weighted by Gasteiger charge is -2.27. The molecule has 4 nitrogen and oxygen atoms in total. The SMILES string of the molecule is CCN(Cc1cc(F)cc2cccnc12)C(C)CC(=O)O. The first-order valence-corrected chi connectivity index (χ1v) is 7.00. The summed E-state index contributed by atoms with van der Waals surface area (Å²) in [5.74, 6) is -1.13. The number of rotatable bonds is 6. The van der Waals surface area contributed by atoms with Gasteiger partial charge in [-0.15, -0.1) is 0 Å². The molecule has 0 bridgehead atoms. The number of hydrogen-bond acceptors (Lipinski definition) is 3. The quantitative estimate of drug-likeness (QED) is 0.888. The first kappa shape index (κ1) is 15.4. The first-order chi connectivity index (χ1) is 10.0. The third-order valence-electron chi connectivity index (χ3n) is 3.62. The number of hydrogen-bond donors (Lipinski definition) is 1. The molecule has 1 aromatic heterocycles. The van der Waals surface area contributed by atoms with Crippen molar-refractivity contribution in [2.24, 2.45) is 0 Å². The highest BCUT2D eigenvalue weighted by Crippen LogP contribution is 2.21. The van der Waals surface area contributed by atoms with Crippen molar-refractivity contribution in [2.45, 2.75) is 32.9 Å². The molecule has 1 unspecified atom stereocenters. The number of carboxylic acid groups (broad SMARTS) is 1. The van der Waals surface area contributed by atoms with Crippen molar-refractivity contribution < 1.29 is 14.3 Å². The van der Waals surface area contributed by atoms with Crippen LogP contribution < -0.4 is 0 Å². The Bertz CT molecular complexity index is 645. The van der Waals surface area contributed by atoms with Crippen LogP contribution in [0.5, 0.6) is 0 Å². The van der Waals surface area contributed by atoms with Crippen LogP contribution in [0.2, 0.25) is 0 Å². The molecule has 2 aromatic rings. The summed E-state index contributed by atoms with van der Waals surface area (Å²) in [6.45, 7) is 5.01. The number of fused-ring (bicyclic) bond motifs is 1. The molecule has 0 aliphatic carbocycles. The van der Waals surface area contributed by atoms with E-state index in [0.29, 0.717) is 13.1 Å². The van der Waals surface area contributed by atoms with Gasteiger partial charge >= 0.3 is 5.97 Å². The summed E-state index contributed by atoms with van der Waals surface area (Å²) in [6, 6.07) is 6.42. The fraction of sp³-hybridized carbons (Fsp3) is 0.375. The summed E-state index contributed by atoms with van der Waals surface area (Å²) in [5, 5.41) is 9.67. The normalized spacial score (nSPS) is 12.8. The molecule has 1 atom stereocenters. The van der Waals surface area contributed by atoms with Crippen LogP contribution in [0.3, 0.4) is 0 Å². The average Bonchev–Trinajstić information content (AvgIpc) is 2.43. The number of carboxylic acids is 1. The van der Waals surface area contributed by atoms with Gasteiger partial charge in [-0.1, -0.05) is 13.0 Å². The van der Waals surface area contributed by atoms with E-state index in [9.17, 15) is 9.18 Å². The minimum Gasteiger partial charge on any atom is -0.481 e. The van der Waals surface area contributed by atoms with Crippen molar-refractivity contribution in [1.29, 1.82) is 0 Å². The van der Waals surface area contributed by atoms with E-state index < -0.39 is 5.97 Å². The van der Waals surface area contributed by atoms with E-state index in [1.807, 2.05) is 24.8 Å². The highest BCUT2D eigenvalue weighted by Gasteiger charge is 2.17. The summed E-state index contributed by atoms with van der Waals surface area (Å²) >= 11 is 0. The molecule has 0 saturated heterocycles. The molecule has 0 aliphatic heterocycles. The van der Waals surface area contributed by atoms with E-state index >= 15 is 0 Å². The number of halogens is 1. The molecule has 0 amide bonds. The third kappa shape index (κ3) is 3.76. The maximum Gasteiger partial charge on any atom is 0.304 e. The number of nitrogens with zero attached hydrogens (tertiary/aromatic N) is 2. The van der Waals surface area contributed by atoms with Gasteiger partial charge in [0.15, 0.2) is 0 Å². The van der Waals surface area contributed by atoms with E-state index in [4.69, 9.17) is 5.11 Å². The molecule has 0 aliphatic rings. The first-order valence-electron chi connectivity index (χ1n) is 7.00. The largest absolute Gasteiger partial charge is 0.481 e. The fourth-order valence-electron chi connectivity index (χ4n) is 2.53. The van der Waals surface area contributed by atoms with Crippen LogP contribution >= 0.6 is 0 Å². The van der Waals surface area contributed by atoms with Gasteiger partial charge in [-0.25, -0.2) is 4.39 Å². The van der Waals surface area contributed by atoms with Crippen molar-refractivity contribution >= 4 is 16.9 Å². The Hall–Kier alpha value is -2.01. The molecule has 0 fully saturated rings. The number of benzene rings is 1. The molecule has 1 aromatic carbocycles. The van der Waals surface area contributed by atoms with Gasteiger partial charge in [-0.3, -0.25) is 14.7 Å². The number of carbonyl (C=O) groups is 1. The summed E-state index contributed by atoms with van der Waals surface area (Å²) in [4.78, 5) is 17.2. The minimum absolute atomic E-state index is 0.0640. The Morgan fingerprint density at radius 2 is 2.24 bits per heavy atom. The van der Waals surface area contributed by atoms with E-state index in [0.717, 1.165) is 16.5 Å². The van der Waals surface area contributed by atoms with E-state index in [1.54, 1.807) is 12.3 Å². The molecule has 2 rings (SSSR count). The van der Waals surface area contributed by atoms with Crippen LogP contribution in [0.15, 0.2) is 30.5 Å². The van der Waals surface area contributed by atoms with Crippen LogP contribution in [0, 0.1) is 5.82 Å². The molecule has 1 heterocycles. The van der Waals surface area contributed by atoms with Crippen LogP contribution in [-0.2, 0) is 11.3 Å². The van der Waals surface area contributed by atoms with E-state index in [2.05, 4.69) is 4.98 Å². The summed E-state index contributed by atoms with van der Waals surface area (Å²) in [5.41, 5.74) is 1.55. The zero-order valence-electron chi connectivity index (χ0n) is 12.2.